The zero-order valence-corrected chi connectivity index (χ0v) is 11.5. The Hall–Kier alpha value is -0.840. The van der Waals surface area contributed by atoms with Crippen LogP contribution in [-0.2, 0) is 4.79 Å². The molecule has 1 heterocycles. The third kappa shape index (κ3) is 3.07. The van der Waals surface area contributed by atoms with Gasteiger partial charge in [-0.05, 0) is 36.2 Å². The fraction of sp³-hybridized carbons (Fsp3) is 0.636. The van der Waals surface area contributed by atoms with E-state index in [1.165, 1.54) is 0 Å². The Morgan fingerprint density at radius 3 is 2.88 bits per heavy atom. The summed E-state index contributed by atoms with van der Waals surface area (Å²) in [5.41, 5.74) is 0.971. The molecule has 16 heavy (non-hydrogen) atoms. The second-order valence-electron chi connectivity index (χ2n) is 3.84. The summed E-state index contributed by atoms with van der Waals surface area (Å²) < 4.78 is 2.66. The van der Waals surface area contributed by atoms with E-state index < -0.39 is 0 Å². The van der Waals surface area contributed by atoms with Crippen LogP contribution in [0, 0.1) is 6.92 Å². The van der Waals surface area contributed by atoms with E-state index in [2.05, 4.69) is 33.3 Å². The Morgan fingerprint density at radius 2 is 2.38 bits per heavy atom. The third-order valence-electron chi connectivity index (χ3n) is 2.56. The van der Waals surface area contributed by atoms with Gasteiger partial charge in [-0.25, -0.2) is 0 Å². The number of carbonyl (C=O) groups is 1. The monoisotopic (exact) mass is 287 g/mol. The molecule has 5 heteroatoms. The Bertz CT molecular complexity index is 362. The van der Waals surface area contributed by atoms with Crippen LogP contribution in [0.4, 0.5) is 0 Å². The van der Waals surface area contributed by atoms with Crippen LogP contribution in [0.15, 0.2) is 10.7 Å². The summed E-state index contributed by atoms with van der Waals surface area (Å²) in [4.78, 5) is 11.8. The Morgan fingerprint density at radius 1 is 1.69 bits per heavy atom. The van der Waals surface area contributed by atoms with Crippen LogP contribution < -0.4 is 5.32 Å². The lowest BCUT2D eigenvalue weighted by atomic mass is 10.3. The van der Waals surface area contributed by atoms with Crippen molar-refractivity contribution in [1.29, 1.82) is 0 Å². The van der Waals surface area contributed by atoms with E-state index in [0.29, 0.717) is 0 Å². The van der Waals surface area contributed by atoms with Gasteiger partial charge in [0.15, 0.2) is 0 Å². The Balaban J connectivity index is 2.60. The Labute approximate surface area is 105 Å². The van der Waals surface area contributed by atoms with E-state index in [-0.39, 0.29) is 11.9 Å². The largest absolute Gasteiger partial charge is 0.354 e. The minimum Gasteiger partial charge on any atom is -0.354 e. The van der Waals surface area contributed by atoms with Crippen molar-refractivity contribution in [3.8, 4) is 0 Å². The van der Waals surface area contributed by atoms with Crippen LogP contribution in [0.25, 0.3) is 0 Å². The number of aromatic nitrogens is 2. The molecule has 1 aromatic rings. The number of nitrogens with zero attached hydrogens (tertiary/aromatic N) is 2. The maximum absolute atomic E-state index is 11.8. The predicted molar refractivity (Wildman–Crippen MR) is 67.3 cm³/mol. The van der Waals surface area contributed by atoms with Gasteiger partial charge in [0.2, 0.25) is 5.91 Å². The molecule has 0 aliphatic carbocycles. The number of hydrogen-bond acceptors (Lipinski definition) is 2. The number of rotatable bonds is 5. The number of halogens is 1. The van der Waals surface area contributed by atoms with Crippen molar-refractivity contribution in [2.24, 2.45) is 0 Å². The van der Waals surface area contributed by atoms with Gasteiger partial charge in [-0.3, -0.25) is 9.48 Å². The minimum absolute atomic E-state index is 0.0205. The molecular weight excluding hydrogens is 270 g/mol. The van der Waals surface area contributed by atoms with E-state index in [0.717, 1.165) is 29.6 Å². The van der Waals surface area contributed by atoms with Gasteiger partial charge in [-0.2, -0.15) is 5.10 Å². The van der Waals surface area contributed by atoms with Gasteiger partial charge in [-0.15, -0.1) is 0 Å². The van der Waals surface area contributed by atoms with Crippen molar-refractivity contribution in [3.63, 3.8) is 0 Å². The number of unbranched alkanes of at least 4 members (excludes halogenated alkanes) is 1. The van der Waals surface area contributed by atoms with E-state index in [4.69, 9.17) is 0 Å². The summed E-state index contributed by atoms with van der Waals surface area (Å²) in [6.45, 7) is 6.63. The zero-order chi connectivity index (χ0) is 12.1. The average Bonchev–Trinajstić information content (AvgIpc) is 2.59. The van der Waals surface area contributed by atoms with Crippen molar-refractivity contribution in [2.75, 3.05) is 6.54 Å². The highest BCUT2D eigenvalue weighted by Gasteiger charge is 2.17. The Kier molecular flexibility index (Phi) is 4.99. The summed E-state index contributed by atoms with van der Waals surface area (Å²) in [5, 5.41) is 7.08. The van der Waals surface area contributed by atoms with Crippen molar-refractivity contribution >= 4 is 21.8 Å². The van der Waals surface area contributed by atoms with Gasteiger partial charge in [0.05, 0.1) is 16.4 Å². The predicted octanol–water partition coefficient (Wildman–Crippen LogP) is 2.43. The molecule has 1 unspecified atom stereocenters. The average molecular weight is 288 g/mol. The summed E-state index contributed by atoms with van der Waals surface area (Å²) >= 11 is 3.38. The molecule has 0 bridgehead atoms. The number of carbonyl (C=O) groups excluding carboxylic acids is 1. The third-order valence-corrected chi connectivity index (χ3v) is 3.34. The van der Waals surface area contributed by atoms with E-state index in [1.807, 2.05) is 13.8 Å². The van der Waals surface area contributed by atoms with Crippen molar-refractivity contribution in [2.45, 2.75) is 39.7 Å². The molecule has 0 spiro atoms. The lowest BCUT2D eigenvalue weighted by molar-refractivity contribution is -0.124. The van der Waals surface area contributed by atoms with Crippen molar-refractivity contribution in [1.82, 2.24) is 15.1 Å². The molecule has 1 amide bonds. The maximum Gasteiger partial charge on any atom is 0.244 e. The molecule has 0 aliphatic rings. The van der Waals surface area contributed by atoms with Gasteiger partial charge in [-0.1, -0.05) is 13.3 Å². The standard InChI is InChI=1S/C11H18BrN3O/c1-4-5-6-13-11(16)9(3)15-8(2)10(12)7-14-15/h7,9H,4-6H2,1-3H3,(H,13,16). The van der Waals surface area contributed by atoms with Gasteiger partial charge in [0.1, 0.15) is 6.04 Å². The summed E-state index contributed by atoms with van der Waals surface area (Å²) in [6.07, 6.45) is 3.81. The lowest BCUT2D eigenvalue weighted by Crippen LogP contribution is -2.32. The van der Waals surface area contributed by atoms with Gasteiger partial charge in [0, 0.05) is 6.54 Å². The first-order valence-corrected chi connectivity index (χ1v) is 6.34. The van der Waals surface area contributed by atoms with Crippen molar-refractivity contribution < 1.29 is 4.79 Å². The molecule has 0 saturated heterocycles. The maximum atomic E-state index is 11.8. The molecule has 1 aromatic heterocycles. The van der Waals surface area contributed by atoms with Crippen LogP contribution in [0.2, 0.25) is 0 Å². The second-order valence-corrected chi connectivity index (χ2v) is 4.70. The highest BCUT2D eigenvalue weighted by Crippen LogP contribution is 2.18. The molecule has 0 saturated carbocycles. The van der Waals surface area contributed by atoms with Crippen LogP contribution >= 0.6 is 15.9 Å². The lowest BCUT2D eigenvalue weighted by Gasteiger charge is -2.14. The zero-order valence-electron chi connectivity index (χ0n) is 9.96. The highest BCUT2D eigenvalue weighted by molar-refractivity contribution is 9.10. The van der Waals surface area contributed by atoms with Gasteiger partial charge in [0.25, 0.3) is 0 Å². The van der Waals surface area contributed by atoms with Gasteiger partial charge >= 0.3 is 0 Å². The van der Waals surface area contributed by atoms with Crippen LogP contribution in [0.1, 0.15) is 38.4 Å². The van der Waals surface area contributed by atoms with E-state index >= 15 is 0 Å². The minimum atomic E-state index is -0.261. The first-order valence-electron chi connectivity index (χ1n) is 5.55. The quantitative estimate of drug-likeness (QED) is 0.846. The van der Waals surface area contributed by atoms with Crippen molar-refractivity contribution in [3.05, 3.63) is 16.4 Å². The molecular formula is C11H18BrN3O. The van der Waals surface area contributed by atoms with Crippen LogP contribution in [0.5, 0.6) is 0 Å². The first-order chi connectivity index (χ1) is 7.57. The summed E-state index contributed by atoms with van der Waals surface area (Å²) in [7, 11) is 0. The second kappa shape index (κ2) is 6.03. The fourth-order valence-electron chi connectivity index (χ4n) is 1.44. The SMILES string of the molecule is CCCCNC(=O)C(C)n1ncc(Br)c1C. The molecule has 90 valence electrons. The smallest absolute Gasteiger partial charge is 0.244 e. The summed E-state index contributed by atoms with van der Waals surface area (Å²) in [5.74, 6) is 0.0205. The number of hydrogen-bond donors (Lipinski definition) is 1. The molecule has 0 radical (unpaired) electrons. The topological polar surface area (TPSA) is 46.9 Å². The first kappa shape index (κ1) is 13.2. The molecule has 0 aliphatic heterocycles. The van der Waals surface area contributed by atoms with Crippen LogP contribution in [0.3, 0.4) is 0 Å². The van der Waals surface area contributed by atoms with Crippen LogP contribution in [-0.4, -0.2) is 22.2 Å². The molecule has 1 N–H and O–H groups in total. The summed E-state index contributed by atoms with van der Waals surface area (Å²) in [6, 6.07) is -0.261. The molecule has 1 atom stereocenters. The molecule has 0 aromatic carbocycles. The van der Waals surface area contributed by atoms with E-state index in [9.17, 15) is 4.79 Å². The number of amides is 1. The highest BCUT2D eigenvalue weighted by atomic mass is 79.9. The van der Waals surface area contributed by atoms with Gasteiger partial charge < -0.3 is 5.32 Å². The fourth-order valence-corrected chi connectivity index (χ4v) is 1.71. The molecule has 0 fully saturated rings. The van der Waals surface area contributed by atoms with E-state index in [1.54, 1.807) is 10.9 Å². The molecule has 4 nitrogen and oxygen atoms in total. The normalized spacial score (nSPS) is 12.5. The number of nitrogens with one attached hydrogen (secondary N) is 1. The molecule has 1 rings (SSSR count).